The Balaban J connectivity index is 2.05. The predicted octanol–water partition coefficient (Wildman–Crippen LogP) is 3.52. The minimum Gasteiger partial charge on any atom is -0.274 e. The van der Waals surface area contributed by atoms with Crippen LogP contribution < -0.4 is 0 Å². The molecular formula is C14H12ClN3S. The molecule has 19 heavy (non-hydrogen) atoms. The molecule has 1 aromatic carbocycles. The third-order valence-corrected chi connectivity index (χ3v) is 4.02. The van der Waals surface area contributed by atoms with Crippen LogP contribution in [0.2, 0.25) is 5.02 Å². The quantitative estimate of drug-likeness (QED) is 0.637. The van der Waals surface area contributed by atoms with Crippen LogP contribution in [0.25, 0.3) is 5.69 Å². The van der Waals surface area contributed by atoms with E-state index in [1.165, 1.54) is 24.6 Å². The van der Waals surface area contributed by atoms with Crippen LogP contribution in [0, 0.1) is 12.3 Å². The van der Waals surface area contributed by atoms with Crippen molar-refractivity contribution in [1.29, 1.82) is 0 Å². The number of aromatic nitrogens is 3. The second-order valence-electron chi connectivity index (χ2n) is 4.42. The second-order valence-corrected chi connectivity index (χ2v) is 5.80. The highest BCUT2D eigenvalue weighted by molar-refractivity contribution is 7.99. The minimum absolute atomic E-state index is 0.520. The van der Waals surface area contributed by atoms with Crippen molar-refractivity contribution >= 4 is 23.4 Å². The van der Waals surface area contributed by atoms with E-state index in [9.17, 15) is 0 Å². The highest BCUT2D eigenvalue weighted by Gasteiger charge is 2.30. The van der Waals surface area contributed by atoms with Gasteiger partial charge in [0, 0.05) is 10.9 Å². The molecular weight excluding hydrogens is 278 g/mol. The maximum absolute atomic E-state index is 6.07. The van der Waals surface area contributed by atoms with Gasteiger partial charge in [-0.1, -0.05) is 35.3 Å². The van der Waals surface area contributed by atoms with Gasteiger partial charge in [-0.2, -0.15) is 0 Å². The molecule has 5 heteroatoms. The Morgan fingerprint density at radius 3 is 2.95 bits per heavy atom. The molecule has 0 N–H and O–H groups in total. The summed E-state index contributed by atoms with van der Waals surface area (Å²) in [5.74, 6) is 4.74. The first-order chi connectivity index (χ1) is 9.29. The highest BCUT2D eigenvalue weighted by Crippen LogP contribution is 2.41. The highest BCUT2D eigenvalue weighted by atomic mass is 35.5. The van der Waals surface area contributed by atoms with Crippen LogP contribution >= 0.6 is 23.4 Å². The molecule has 1 saturated carbocycles. The fourth-order valence-electron chi connectivity index (χ4n) is 1.94. The minimum atomic E-state index is 0.520. The van der Waals surface area contributed by atoms with Gasteiger partial charge >= 0.3 is 0 Å². The molecule has 96 valence electrons. The molecule has 0 aliphatic heterocycles. The third kappa shape index (κ3) is 2.63. The summed E-state index contributed by atoms with van der Waals surface area (Å²) >= 11 is 7.60. The molecule has 3 rings (SSSR count). The van der Waals surface area contributed by atoms with Gasteiger partial charge < -0.3 is 0 Å². The van der Waals surface area contributed by atoms with Crippen LogP contribution in [-0.2, 0) is 0 Å². The molecule has 0 saturated heterocycles. The molecule has 1 fully saturated rings. The number of hydrogen-bond donors (Lipinski definition) is 0. The van der Waals surface area contributed by atoms with Crippen molar-refractivity contribution < 1.29 is 0 Å². The monoisotopic (exact) mass is 289 g/mol. The summed E-state index contributed by atoms with van der Waals surface area (Å²) in [6.45, 7) is 0. The first kappa shape index (κ1) is 12.6. The topological polar surface area (TPSA) is 30.7 Å². The zero-order chi connectivity index (χ0) is 13.2. The van der Waals surface area contributed by atoms with E-state index in [1.54, 1.807) is 0 Å². The molecule has 0 spiro atoms. The lowest BCUT2D eigenvalue weighted by atomic mass is 10.3. The van der Waals surface area contributed by atoms with Gasteiger partial charge in [0.15, 0.2) is 5.16 Å². The second kappa shape index (κ2) is 5.28. The van der Waals surface area contributed by atoms with Gasteiger partial charge in [-0.05, 0) is 31.0 Å². The lowest BCUT2D eigenvalue weighted by Crippen LogP contribution is -2.01. The van der Waals surface area contributed by atoms with E-state index in [-0.39, 0.29) is 0 Å². The van der Waals surface area contributed by atoms with Crippen LogP contribution in [0.15, 0.2) is 29.4 Å². The molecule has 3 nitrogen and oxygen atoms in total. The lowest BCUT2D eigenvalue weighted by Gasteiger charge is -2.09. The smallest absolute Gasteiger partial charge is 0.196 e. The number of rotatable bonds is 4. The van der Waals surface area contributed by atoms with Crippen molar-refractivity contribution in [3.05, 3.63) is 35.1 Å². The van der Waals surface area contributed by atoms with E-state index in [4.69, 9.17) is 18.0 Å². The number of terminal acetylenes is 1. The number of hydrogen-bond acceptors (Lipinski definition) is 3. The van der Waals surface area contributed by atoms with E-state index >= 15 is 0 Å². The maximum atomic E-state index is 6.07. The van der Waals surface area contributed by atoms with Gasteiger partial charge in [-0.3, -0.25) is 4.57 Å². The first-order valence-electron chi connectivity index (χ1n) is 6.07. The molecule has 0 radical (unpaired) electrons. The van der Waals surface area contributed by atoms with Crippen molar-refractivity contribution in [3.63, 3.8) is 0 Å². The van der Waals surface area contributed by atoms with E-state index in [0.717, 1.165) is 16.7 Å². The van der Waals surface area contributed by atoms with E-state index in [1.807, 2.05) is 24.3 Å². The SMILES string of the molecule is C#CCSc1nnc(C2CC2)n1-c1cccc(Cl)c1. The third-order valence-electron chi connectivity index (χ3n) is 2.95. The summed E-state index contributed by atoms with van der Waals surface area (Å²) in [4.78, 5) is 0. The molecule has 1 aliphatic rings. The molecule has 1 aliphatic carbocycles. The summed E-state index contributed by atoms with van der Waals surface area (Å²) < 4.78 is 2.07. The van der Waals surface area contributed by atoms with E-state index < -0.39 is 0 Å². The van der Waals surface area contributed by atoms with Gasteiger partial charge in [0.1, 0.15) is 5.82 Å². The zero-order valence-electron chi connectivity index (χ0n) is 10.2. The fourth-order valence-corrected chi connectivity index (χ4v) is 2.77. The molecule has 0 bridgehead atoms. The van der Waals surface area contributed by atoms with Crippen molar-refractivity contribution in [1.82, 2.24) is 14.8 Å². The van der Waals surface area contributed by atoms with E-state index in [2.05, 4.69) is 20.7 Å². The lowest BCUT2D eigenvalue weighted by molar-refractivity contribution is 0.830. The fraction of sp³-hybridized carbons (Fsp3) is 0.286. The van der Waals surface area contributed by atoms with Crippen LogP contribution in [-0.4, -0.2) is 20.5 Å². The van der Waals surface area contributed by atoms with Crippen molar-refractivity contribution in [2.24, 2.45) is 0 Å². The summed E-state index contributed by atoms with van der Waals surface area (Å²) in [7, 11) is 0. The number of halogens is 1. The summed E-state index contributed by atoms with van der Waals surface area (Å²) in [5.41, 5.74) is 0.999. The molecule has 2 aromatic rings. The average molecular weight is 290 g/mol. The average Bonchev–Trinajstić information content (AvgIpc) is 3.17. The number of benzene rings is 1. The molecule has 1 aromatic heterocycles. The van der Waals surface area contributed by atoms with Gasteiger partial charge in [-0.15, -0.1) is 16.6 Å². The van der Waals surface area contributed by atoms with Crippen molar-refractivity contribution in [2.75, 3.05) is 5.75 Å². The van der Waals surface area contributed by atoms with Crippen molar-refractivity contribution in [3.8, 4) is 18.0 Å². The summed E-state index contributed by atoms with van der Waals surface area (Å²) in [5, 5.41) is 10.1. The molecule has 1 heterocycles. The molecule has 0 unspecified atom stereocenters. The predicted molar refractivity (Wildman–Crippen MR) is 77.9 cm³/mol. The molecule has 0 atom stereocenters. The van der Waals surface area contributed by atoms with Gasteiger partial charge in [0.05, 0.1) is 11.4 Å². The standard InChI is InChI=1S/C14H12ClN3S/c1-2-8-19-14-17-16-13(10-6-7-10)18(14)12-5-3-4-11(15)9-12/h1,3-5,9-10H,6-8H2. The van der Waals surface area contributed by atoms with Crippen LogP contribution in [0.4, 0.5) is 0 Å². The Hall–Kier alpha value is -1.44. The Morgan fingerprint density at radius 2 is 2.26 bits per heavy atom. The Kier molecular flexibility index (Phi) is 3.50. The van der Waals surface area contributed by atoms with Crippen molar-refractivity contribution in [2.45, 2.75) is 23.9 Å². The summed E-state index contributed by atoms with van der Waals surface area (Å²) in [6.07, 6.45) is 7.68. The van der Waals surface area contributed by atoms with Crippen LogP contribution in [0.1, 0.15) is 24.6 Å². The Morgan fingerprint density at radius 1 is 1.42 bits per heavy atom. The number of thioether (sulfide) groups is 1. The maximum Gasteiger partial charge on any atom is 0.196 e. The first-order valence-corrected chi connectivity index (χ1v) is 7.43. The Labute approximate surface area is 121 Å². The Bertz CT molecular complexity index is 640. The van der Waals surface area contributed by atoms with Gasteiger partial charge in [0.2, 0.25) is 0 Å². The zero-order valence-corrected chi connectivity index (χ0v) is 11.8. The summed E-state index contributed by atoms with van der Waals surface area (Å²) in [6, 6.07) is 7.74. The van der Waals surface area contributed by atoms with Crippen LogP contribution in [0.5, 0.6) is 0 Å². The van der Waals surface area contributed by atoms with Crippen LogP contribution in [0.3, 0.4) is 0 Å². The van der Waals surface area contributed by atoms with Gasteiger partial charge in [0.25, 0.3) is 0 Å². The number of nitrogens with zero attached hydrogens (tertiary/aromatic N) is 3. The molecule has 0 amide bonds. The normalized spacial score (nSPS) is 14.3. The van der Waals surface area contributed by atoms with Gasteiger partial charge in [-0.25, -0.2) is 0 Å². The van der Waals surface area contributed by atoms with E-state index in [0.29, 0.717) is 16.7 Å². The largest absolute Gasteiger partial charge is 0.274 e.